The first-order chi connectivity index (χ1) is 6.04. The van der Waals surface area contributed by atoms with Gasteiger partial charge in [-0.2, -0.15) is 0 Å². The molecule has 0 bridgehead atoms. The molecule has 0 atom stereocenters. The predicted molar refractivity (Wildman–Crippen MR) is 49.3 cm³/mol. The van der Waals surface area contributed by atoms with Gasteiger partial charge in [0.15, 0.2) is 5.60 Å². The Morgan fingerprint density at radius 2 is 1.85 bits per heavy atom. The van der Waals surface area contributed by atoms with Crippen LogP contribution in [0.2, 0.25) is 0 Å². The first-order valence-electron chi connectivity index (χ1n) is 4.98. The molecular formula is C10H18O3. The molecule has 1 N–H and O–H groups in total. The second kappa shape index (κ2) is 4.09. The Morgan fingerprint density at radius 1 is 1.31 bits per heavy atom. The number of aliphatic hydroxyl groups is 1. The average molecular weight is 186 g/mol. The van der Waals surface area contributed by atoms with Crippen molar-refractivity contribution in [2.24, 2.45) is 0 Å². The van der Waals surface area contributed by atoms with Crippen LogP contribution in [-0.4, -0.2) is 22.8 Å². The van der Waals surface area contributed by atoms with Crippen molar-refractivity contribution in [3.05, 3.63) is 0 Å². The fourth-order valence-electron chi connectivity index (χ4n) is 1.66. The second-order valence-corrected chi connectivity index (χ2v) is 4.05. The van der Waals surface area contributed by atoms with Crippen molar-refractivity contribution in [3.63, 3.8) is 0 Å². The van der Waals surface area contributed by atoms with Gasteiger partial charge in [0, 0.05) is 0 Å². The minimum absolute atomic E-state index is 0.140. The summed E-state index contributed by atoms with van der Waals surface area (Å²) in [7, 11) is 0. The molecule has 0 saturated heterocycles. The third-order valence-electron chi connectivity index (χ3n) is 2.40. The Labute approximate surface area is 79.1 Å². The Morgan fingerprint density at radius 3 is 2.31 bits per heavy atom. The summed E-state index contributed by atoms with van der Waals surface area (Å²) >= 11 is 0. The zero-order valence-electron chi connectivity index (χ0n) is 8.38. The highest BCUT2D eigenvalue weighted by molar-refractivity contribution is 5.79. The average Bonchev–Trinajstić information content (AvgIpc) is 2.04. The summed E-state index contributed by atoms with van der Waals surface area (Å²) in [4.78, 5) is 11.5. The van der Waals surface area contributed by atoms with E-state index in [1.807, 2.05) is 0 Å². The fraction of sp³-hybridized carbons (Fsp3) is 0.900. The van der Waals surface area contributed by atoms with E-state index >= 15 is 0 Å². The van der Waals surface area contributed by atoms with Gasteiger partial charge in [0.25, 0.3) is 0 Å². The molecule has 0 spiro atoms. The lowest BCUT2D eigenvalue weighted by Crippen LogP contribution is -2.42. The van der Waals surface area contributed by atoms with Crippen molar-refractivity contribution in [3.8, 4) is 0 Å². The lowest BCUT2D eigenvalue weighted by atomic mass is 9.85. The molecule has 0 radical (unpaired) electrons. The van der Waals surface area contributed by atoms with Crippen LogP contribution in [0.25, 0.3) is 0 Å². The van der Waals surface area contributed by atoms with Crippen molar-refractivity contribution in [1.82, 2.24) is 0 Å². The van der Waals surface area contributed by atoms with Crippen LogP contribution in [0.1, 0.15) is 46.0 Å². The highest BCUT2D eigenvalue weighted by Gasteiger charge is 2.38. The maximum absolute atomic E-state index is 11.5. The molecule has 76 valence electrons. The Balaban J connectivity index is 2.51. The number of carbonyl (C=O) groups excluding carboxylic acids is 1. The zero-order chi connectivity index (χ0) is 9.90. The van der Waals surface area contributed by atoms with E-state index in [9.17, 15) is 9.90 Å². The number of hydrogen-bond acceptors (Lipinski definition) is 3. The summed E-state index contributed by atoms with van der Waals surface area (Å²) in [5.74, 6) is -0.442. The summed E-state index contributed by atoms with van der Waals surface area (Å²) < 4.78 is 5.00. The Hall–Kier alpha value is -0.570. The summed E-state index contributed by atoms with van der Waals surface area (Å²) in [5.41, 5.74) is -1.19. The molecule has 13 heavy (non-hydrogen) atoms. The van der Waals surface area contributed by atoms with Crippen molar-refractivity contribution < 1.29 is 14.6 Å². The maximum Gasteiger partial charge on any atom is 0.338 e. The first-order valence-corrected chi connectivity index (χ1v) is 4.98. The van der Waals surface area contributed by atoms with Crippen LogP contribution in [0.4, 0.5) is 0 Å². The number of ether oxygens (including phenoxy) is 1. The molecule has 1 fully saturated rings. The van der Waals surface area contributed by atoms with E-state index in [0.717, 1.165) is 19.3 Å². The van der Waals surface area contributed by atoms with Crippen LogP contribution < -0.4 is 0 Å². The zero-order valence-corrected chi connectivity index (χ0v) is 8.38. The number of esters is 1. The highest BCUT2D eigenvalue weighted by atomic mass is 16.6. The minimum Gasteiger partial charge on any atom is -0.461 e. The van der Waals surface area contributed by atoms with Crippen molar-refractivity contribution in [1.29, 1.82) is 0 Å². The molecule has 1 saturated carbocycles. The molecule has 0 aromatic heterocycles. The second-order valence-electron chi connectivity index (χ2n) is 4.05. The maximum atomic E-state index is 11.5. The number of carbonyl (C=O) groups is 1. The van der Waals surface area contributed by atoms with E-state index < -0.39 is 11.6 Å². The van der Waals surface area contributed by atoms with Gasteiger partial charge in [-0.25, -0.2) is 4.79 Å². The minimum atomic E-state index is -1.19. The van der Waals surface area contributed by atoms with Crippen LogP contribution in [0.3, 0.4) is 0 Å². The van der Waals surface area contributed by atoms with E-state index in [-0.39, 0.29) is 6.10 Å². The van der Waals surface area contributed by atoms with Gasteiger partial charge in [0.2, 0.25) is 0 Å². The molecule has 1 aliphatic rings. The third kappa shape index (κ3) is 2.69. The van der Waals surface area contributed by atoms with E-state index in [2.05, 4.69) is 0 Å². The quantitative estimate of drug-likeness (QED) is 0.667. The summed E-state index contributed by atoms with van der Waals surface area (Å²) in [6.45, 7) is 3.59. The van der Waals surface area contributed by atoms with Gasteiger partial charge in [0.1, 0.15) is 0 Å². The number of rotatable bonds is 2. The summed E-state index contributed by atoms with van der Waals surface area (Å²) in [6, 6.07) is 0. The van der Waals surface area contributed by atoms with Gasteiger partial charge in [-0.15, -0.1) is 0 Å². The molecule has 0 aromatic rings. The molecule has 1 rings (SSSR count). The predicted octanol–water partition coefficient (Wildman–Crippen LogP) is 1.63. The van der Waals surface area contributed by atoms with Crippen LogP contribution in [0.5, 0.6) is 0 Å². The highest BCUT2D eigenvalue weighted by Crippen LogP contribution is 2.29. The van der Waals surface area contributed by atoms with Crippen LogP contribution >= 0.6 is 0 Å². The standard InChI is InChI=1S/C10H18O3/c1-8(2)13-9(11)10(12)6-4-3-5-7-10/h8,12H,3-7H2,1-2H3. The normalized spacial score (nSPS) is 21.5. The fourth-order valence-corrected chi connectivity index (χ4v) is 1.66. The molecule has 0 heterocycles. The van der Waals surface area contributed by atoms with Gasteiger partial charge < -0.3 is 9.84 Å². The van der Waals surface area contributed by atoms with Gasteiger partial charge in [-0.05, 0) is 39.5 Å². The topological polar surface area (TPSA) is 46.5 Å². The van der Waals surface area contributed by atoms with E-state index in [1.165, 1.54) is 0 Å². The third-order valence-corrected chi connectivity index (χ3v) is 2.40. The van der Waals surface area contributed by atoms with Gasteiger partial charge in [-0.1, -0.05) is 6.42 Å². The molecule has 3 nitrogen and oxygen atoms in total. The molecule has 1 aliphatic carbocycles. The van der Waals surface area contributed by atoms with Crippen LogP contribution in [-0.2, 0) is 9.53 Å². The van der Waals surface area contributed by atoms with E-state index in [0.29, 0.717) is 12.8 Å². The van der Waals surface area contributed by atoms with Crippen molar-refractivity contribution in [2.75, 3.05) is 0 Å². The smallest absolute Gasteiger partial charge is 0.338 e. The first kappa shape index (κ1) is 10.5. The van der Waals surface area contributed by atoms with Crippen LogP contribution in [0, 0.1) is 0 Å². The van der Waals surface area contributed by atoms with Gasteiger partial charge >= 0.3 is 5.97 Å². The molecule has 0 unspecified atom stereocenters. The van der Waals surface area contributed by atoms with Crippen molar-refractivity contribution in [2.45, 2.75) is 57.7 Å². The molecular weight excluding hydrogens is 168 g/mol. The summed E-state index contributed by atoms with van der Waals surface area (Å²) in [6.07, 6.45) is 3.92. The summed E-state index contributed by atoms with van der Waals surface area (Å²) in [5, 5.41) is 9.91. The molecule has 0 aromatic carbocycles. The SMILES string of the molecule is CC(C)OC(=O)C1(O)CCCCC1. The molecule has 3 heteroatoms. The van der Waals surface area contributed by atoms with Crippen LogP contribution in [0.15, 0.2) is 0 Å². The Bertz CT molecular complexity index is 181. The van der Waals surface area contributed by atoms with E-state index in [4.69, 9.17) is 4.74 Å². The van der Waals surface area contributed by atoms with E-state index in [1.54, 1.807) is 13.8 Å². The van der Waals surface area contributed by atoms with Gasteiger partial charge in [0.05, 0.1) is 6.10 Å². The lowest BCUT2D eigenvalue weighted by Gasteiger charge is -2.30. The van der Waals surface area contributed by atoms with Gasteiger partial charge in [-0.3, -0.25) is 0 Å². The van der Waals surface area contributed by atoms with Crippen molar-refractivity contribution >= 4 is 5.97 Å². The lowest BCUT2D eigenvalue weighted by molar-refractivity contribution is -0.172. The largest absolute Gasteiger partial charge is 0.461 e. The number of hydrogen-bond donors (Lipinski definition) is 1. The molecule has 0 aliphatic heterocycles. The monoisotopic (exact) mass is 186 g/mol. The Kier molecular flexibility index (Phi) is 3.31. The molecule has 0 amide bonds.